The predicted molar refractivity (Wildman–Crippen MR) is 274 cm³/mol. The van der Waals surface area contributed by atoms with E-state index in [2.05, 4.69) is 0 Å². The number of carbonyl (C=O) groups excluding carboxylic acids is 6. The molecule has 6 fully saturated rings. The number of allylic oxidation sites excluding steroid dienone is 8. The van der Waals surface area contributed by atoms with Gasteiger partial charge in [-0.25, -0.2) is 0 Å². The molecule has 10 rings (SSSR count). The van der Waals surface area contributed by atoms with Crippen molar-refractivity contribution in [3.8, 4) is 0 Å². The Morgan fingerprint density at radius 3 is 1.35 bits per heavy atom. The molecule has 0 spiro atoms. The maximum atomic E-state index is 20.2. The molecule has 16 unspecified atom stereocenters. The summed E-state index contributed by atoms with van der Waals surface area (Å²) in [7, 11) is 0. The first-order chi connectivity index (χ1) is 37.1. The number of carbonyl (C=O) groups is 6. The molecule has 0 N–H and O–H groups in total. The van der Waals surface area contributed by atoms with E-state index >= 15 is 8.78 Å². The van der Waals surface area contributed by atoms with E-state index in [0.717, 1.165) is 12.6 Å². The minimum absolute atomic E-state index is 0.0366. The summed E-state index contributed by atoms with van der Waals surface area (Å²) in [5.41, 5.74) is -11.6. The van der Waals surface area contributed by atoms with Gasteiger partial charge in [-0.05, 0) is 0 Å². The Hall–Kier alpha value is -2.89. The zero-order valence-corrected chi connectivity index (χ0v) is 50.3. The average molecular weight is 1260 g/mol. The second kappa shape index (κ2) is 20.4. The average Bonchev–Trinajstić information content (AvgIpc) is 4.25. The van der Waals surface area contributed by atoms with Gasteiger partial charge in [0.25, 0.3) is 0 Å². The number of halogens is 5. The van der Waals surface area contributed by atoms with E-state index in [1.165, 1.54) is 13.8 Å². The van der Waals surface area contributed by atoms with Gasteiger partial charge in [0.15, 0.2) is 0 Å². The molecule has 8 aliphatic carbocycles. The van der Waals surface area contributed by atoms with Crippen LogP contribution in [-0.4, -0.2) is 133 Å². The van der Waals surface area contributed by atoms with E-state index in [1.54, 1.807) is 53.7 Å². The molecule has 438 valence electrons. The summed E-state index contributed by atoms with van der Waals surface area (Å²) in [6, 6.07) is 0. The molecule has 2 aliphatic heterocycles. The van der Waals surface area contributed by atoms with E-state index in [9.17, 15) is 28.8 Å². The van der Waals surface area contributed by atoms with Gasteiger partial charge in [-0.15, -0.1) is 0 Å². The zero-order valence-electron chi connectivity index (χ0n) is 46.7. The number of hydrogen-bond donors (Lipinski definition) is 0. The summed E-state index contributed by atoms with van der Waals surface area (Å²) in [5.74, 6) is -6.69. The quantitative estimate of drug-likeness (QED) is 0.0680. The van der Waals surface area contributed by atoms with E-state index in [1.807, 2.05) is 13.8 Å². The van der Waals surface area contributed by atoms with Gasteiger partial charge in [-0.3, -0.25) is 0 Å². The van der Waals surface area contributed by atoms with Crippen molar-refractivity contribution >= 4 is 59.3 Å². The van der Waals surface area contributed by atoms with Gasteiger partial charge in [0.1, 0.15) is 0 Å². The fraction of sp³-hybridized carbons (Fsp3) is 0.759. The van der Waals surface area contributed by atoms with Crippen LogP contribution in [0.1, 0.15) is 133 Å². The molecule has 0 aromatic rings. The van der Waals surface area contributed by atoms with Crippen molar-refractivity contribution < 1.29 is 104 Å². The number of ketones is 2. The topological polar surface area (TPSA) is 195 Å². The van der Waals surface area contributed by atoms with E-state index in [0.29, 0.717) is 46.7 Å². The van der Waals surface area contributed by atoms with E-state index in [4.69, 9.17) is 67.2 Å². The number of fused-ring (bicyclic) bond motifs is 14. The Balaban J connectivity index is 1.09. The van der Waals surface area contributed by atoms with E-state index < -0.39 is 163 Å². The van der Waals surface area contributed by atoms with Gasteiger partial charge in [0.05, 0.1) is 0 Å². The zero-order chi connectivity index (χ0) is 57.3. The molecule has 0 bridgehead atoms. The van der Waals surface area contributed by atoms with Gasteiger partial charge in [-0.2, -0.15) is 0 Å². The Morgan fingerprint density at radius 2 is 1.01 bits per heavy atom. The number of ether oxygens (including phenoxy) is 8. The summed E-state index contributed by atoms with van der Waals surface area (Å²) in [5, 5.41) is 0. The Bertz CT molecular complexity index is 2540. The van der Waals surface area contributed by atoms with Crippen LogP contribution in [0.5, 0.6) is 0 Å². The molecule has 0 aromatic heterocycles. The minimum atomic E-state index is -2.27. The standard InChI is InChI=1S/C58H74Cl2F2IO16/c1-31(66)72-29-43(68)57-45(74-49(3,4)78-57)23-39-41-19-33(27-64)37-21-35(70-17-15-59)11-13-51(37,7)55(41,61)47(25-53(39,57)9)76-63-77-48-26-54(10)40(24-46-58(54,79-50(5,6)75-46)44(69)30-73-32(2)67)42-20-34(28-65)38-22-36(71-18-16-60)12-14-52(38,8)56(42,48)62/h21-22,27-28,39-42,45-48H,11-20,23-26,29-30H2,1-10H3/q-1. The summed E-state index contributed by atoms with van der Waals surface area (Å²) < 4.78 is 104. The Kier molecular flexibility index (Phi) is 15.3. The van der Waals surface area contributed by atoms with Crippen LogP contribution in [0.3, 0.4) is 0 Å². The van der Waals surface area contributed by atoms with Crippen molar-refractivity contribution in [2.75, 3.05) is 38.2 Å². The molecule has 16 atom stereocenters. The molecule has 10 aliphatic rings. The van der Waals surface area contributed by atoms with Crippen molar-refractivity contribution in [2.24, 2.45) is 45.3 Å². The van der Waals surface area contributed by atoms with Gasteiger partial charge >= 0.3 is 484 Å². The molecule has 0 radical (unpaired) electrons. The van der Waals surface area contributed by atoms with Crippen LogP contribution < -0.4 is 22.0 Å². The summed E-state index contributed by atoms with van der Waals surface area (Å²) in [4.78, 5) is 81.1. The summed E-state index contributed by atoms with van der Waals surface area (Å²) in [6.45, 7) is 15.7. The normalized spacial score (nSPS) is 43.8. The summed E-state index contributed by atoms with van der Waals surface area (Å²) >= 11 is 9.89. The second-order valence-electron chi connectivity index (χ2n) is 25.5. The van der Waals surface area contributed by atoms with Crippen LogP contribution in [0.2, 0.25) is 0 Å². The number of aldehydes is 2. The fourth-order valence-corrected chi connectivity index (χ4v) is 19.6. The number of alkyl halides is 4. The molecular weight excluding hydrogens is 1190 g/mol. The van der Waals surface area contributed by atoms with Crippen LogP contribution >= 0.6 is 23.2 Å². The van der Waals surface area contributed by atoms with Crippen LogP contribution in [0, 0.1) is 45.3 Å². The Morgan fingerprint density at radius 1 is 0.633 bits per heavy atom. The number of Topliss-reactive ketones (excluding diaryl/α,β-unsaturated/α-hetero) is 2. The first-order valence-electron chi connectivity index (χ1n) is 27.7. The summed E-state index contributed by atoms with van der Waals surface area (Å²) in [6.07, 6.45) is 1.56. The molecule has 0 aromatic carbocycles. The van der Waals surface area contributed by atoms with Crippen LogP contribution in [0.15, 0.2) is 46.0 Å². The SMILES string of the molecule is CC(=O)OCC(=O)C12OC(C)(C)OC1CC1C3CC(C=O)=C4C=C(OCCCl)CCC4(C)C3(F)C(O[I-]OC3CC4(C)C(CC5OC(C)(C)OC54C(=O)COC(C)=O)C4CC(C=O)=C5C=C(OCCCl)CCC5(C)C34F)CC12C. The number of rotatable bonds is 18. The number of hydrogen-bond acceptors (Lipinski definition) is 16. The molecule has 21 heteroatoms. The van der Waals surface area contributed by atoms with Crippen molar-refractivity contribution in [3.63, 3.8) is 0 Å². The van der Waals surface area contributed by atoms with Crippen molar-refractivity contribution in [2.45, 2.75) is 192 Å². The van der Waals surface area contributed by atoms with Crippen molar-refractivity contribution in [3.05, 3.63) is 46.0 Å². The molecule has 16 nitrogen and oxygen atoms in total. The van der Waals surface area contributed by atoms with Gasteiger partial charge in [0.2, 0.25) is 0 Å². The molecule has 2 saturated heterocycles. The van der Waals surface area contributed by atoms with Crippen LogP contribution in [0.25, 0.3) is 0 Å². The number of esters is 2. The van der Waals surface area contributed by atoms with Crippen molar-refractivity contribution in [1.82, 2.24) is 0 Å². The second-order valence-corrected chi connectivity index (χ2v) is 27.6. The van der Waals surface area contributed by atoms with Gasteiger partial charge in [-0.1, -0.05) is 0 Å². The molecule has 79 heavy (non-hydrogen) atoms. The van der Waals surface area contributed by atoms with Gasteiger partial charge in [0, 0.05) is 0 Å². The van der Waals surface area contributed by atoms with Crippen LogP contribution in [0.4, 0.5) is 8.78 Å². The Labute approximate surface area is 481 Å². The third-order valence-corrected chi connectivity index (χ3v) is 22.7. The van der Waals surface area contributed by atoms with E-state index in [-0.39, 0.29) is 76.3 Å². The third-order valence-electron chi connectivity index (χ3n) is 20.8. The fourth-order valence-electron chi connectivity index (χ4n) is 17.7. The molecular formula is C58H74Cl2F2IO16-. The van der Waals surface area contributed by atoms with Crippen LogP contribution in [-0.2, 0) is 72.8 Å². The molecule has 0 amide bonds. The third kappa shape index (κ3) is 8.52. The monoisotopic (exact) mass is 1260 g/mol. The van der Waals surface area contributed by atoms with Crippen molar-refractivity contribution in [1.29, 1.82) is 0 Å². The first-order valence-corrected chi connectivity index (χ1v) is 30.5. The molecule has 4 saturated carbocycles. The predicted octanol–water partition coefficient (Wildman–Crippen LogP) is 5.91. The molecule has 2 heterocycles. The van der Waals surface area contributed by atoms with Gasteiger partial charge < -0.3 is 0 Å². The maximum absolute atomic E-state index is 20.2. The first kappa shape index (κ1) is 59.3.